The van der Waals surface area contributed by atoms with E-state index in [2.05, 4.69) is 25.1 Å². The molecule has 2 aliphatic heterocycles. The van der Waals surface area contributed by atoms with Gasteiger partial charge in [0.15, 0.2) is 0 Å². The third kappa shape index (κ3) is 3.98. The summed E-state index contributed by atoms with van der Waals surface area (Å²) in [5.41, 5.74) is 1.20. The van der Waals surface area contributed by atoms with Crippen molar-refractivity contribution in [3.63, 3.8) is 0 Å². The molecule has 0 aromatic carbocycles. The van der Waals surface area contributed by atoms with E-state index in [0.717, 1.165) is 39.0 Å². The standard InChI is InChI=1S/C18H29N5O/c24-18(21-15-3-4-15)14-2-1-7-23(11-14)17-5-8-22(9-6-17)12-16-10-19-13-20-16/h10,13-15,17H,1-9,11-12H2,(H,19,20)(H,21,24)/t14-/m0/s1. The topological polar surface area (TPSA) is 64.3 Å². The fourth-order valence-corrected chi connectivity index (χ4v) is 4.15. The van der Waals surface area contributed by atoms with Gasteiger partial charge < -0.3 is 10.3 Å². The second-order valence-electron chi connectivity index (χ2n) is 7.70. The van der Waals surface area contributed by atoms with E-state index in [0.29, 0.717) is 18.0 Å². The van der Waals surface area contributed by atoms with E-state index in [-0.39, 0.29) is 5.92 Å². The van der Waals surface area contributed by atoms with Gasteiger partial charge in [-0.1, -0.05) is 0 Å². The van der Waals surface area contributed by atoms with Gasteiger partial charge in [-0.05, 0) is 45.1 Å². The molecule has 3 fully saturated rings. The Balaban J connectivity index is 1.24. The van der Waals surface area contributed by atoms with E-state index >= 15 is 0 Å². The summed E-state index contributed by atoms with van der Waals surface area (Å²) < 4.78 is 0. The summed E-state index contributed by atoms with van der Waals surface area (Å²) in [6.07, 6.45) is 10.7. The van der Waals surface area contributed by atoms with Gasteiger partial charge in [0.25, 0.3) is 0 Å². The van der Waals surface area contributed by atoms with Crippen LogP contribution in [0.3, 0.4) is 0 Å². The van der Waals surface area contributed by atoms with Crippen molar-refractivity contribution < 1.29 is 4.79 Å². The van der Waals surface area contributed by atoms with Crippen LogP contribution >= 0.6 is 0 Å². The lowest BCUT2D eigenvalue weighted by Crippen LogP contribution is -2.50. The van der Waals surface area contributed by atoms with E-state index in [4.69, 9.17) is 0 Å². The maximum absolute atomic E-state index is 12.4. The van der Waals surface area contributed by atoms with E-state index in [1.807, 2.05) is 6.20 Å². The molecule has 1 saturated carbocycles. The highest BCUT2D eigenvalue weighted by atomic mass is 16.2. The fraction of sp³-hybridized carbons (Fsp3) is 0.778. The molecule has 0 spiro atoms. The molecule has 3 aliphatic rings. The first-order chi connectivity index (χ1) is 11.8. The van der Waals surface area contributed by atoms with Gasteiger partial charge in [-0.2, -0.15) is 0 Å². The highest BCUT2D eigenvalue weighted by Crippen LogP contribution is 2.26. The zero-order valence-electron chi connectivity index (χ0n) is 14.4. The first-order valence-corrected chi connectivity index (χ1v) is 9.52. The molecule has 1 amide bonds. The molecule has 6 heteroatoms. The molecule has 0 radical (unpaired) electrons. The number of hydrogen-bond donors (Lipinski definition) is 2. The predicted octanol–water partition coefficient (Wildman–Crippen LogP) is 1.36. The van der Waals surface area contributed by atoms with E-state index in [1.165, 1.54) is 37.9 Å². The number of aromatic nitrogens is 2. The summed E-state index contributed by atoms with van der Waals surface area (Å²) in [7, 11) is 0. The minimum atomic E-state index is 0.211. The van der Waals surface area contributed by atoms with Crippen LogP contribution in [0, 0.1) is 5.92 Å². The molecule has 0 unspecified atom stereocenters. The van der Waals surface area contributed by atoms with Crippen molar-refractivity contribution in [3.8, 4) is 0 Å². The van der Waals surface area contributed by atoms with Crippen molar-refractivity contribution in [1.29, 1.82) is 0 Å². The summed E-state index contributed by atoms with van der Waals surface area (Å²) >= 11 is 0. The van der Waals surface area contributed by atoms with Crippen LogP contribution in [0.1, 0.15) is 44.2 Å². The summed E-state index contributed by atoms with van der Waals surface area (Å²) in [5.74, 6) is 0.515. The molecular weight excluding hydrogens is 302 g/mol. The minimum absolute atomic E-state index is 0.211. The van der Waals surface area contributed by atoms with Crippen molar-refractivity contribution in [2.24, 2.45) is 5.92 Å². The van der Waals surface area contributed by atoms with Crippen LogP contribution in [0.15, 0.2) is 12.5 Å². The minimum Gasteiger partial charge on any atom is -0.353 e. The van der Waals surface area contributed by atoms with Crippen LogP contribution in [0.5, 0.6) is 0 Å². The van der Waals surface area contributed by atoms with Gasteiger partial charge in [0.2, 0.25) is 5.91 Å². The summed E-state index contributed by atoms with van der Waals surface area (Å²) in [5, 5.41) is 3.20. The molecule has 6 nitrogen and oxygen atoms in total. The van der Waals surface area contributed by atoms with Crippen molar-refractivity contribution in [1.82, 2.24) is 25.1 Å². The van der Waals surface area contributed by atoms with Crippen LogP contribution in [-0.2, 0) is 11.3 Å². The maximum Gasteiger partial charge on any atom is 0.224 e. The quantitative estimate of drug-likeness (QED) is 0.855. The Labute approximate surface area is 144 Å². The largest absolute Gasteiger partial charge is 0.353 e. The number of piperidine rings is 2. The summed E-state index contributed by atoms with van der Waals surface area (Å²) in [6, 6.07) is 1.14. The number of hydrogen-bond acceptors (Lipinski definition) is 4. The SMILES string of the molecule is O=C(NC1CC1)[C@H]1CCCN(C2CCN(Cc3cnc[nH]3)CC2)C1. The smallest absolute Gasteiger partial charge is 0.224 e. The molecule has 1 aromatic heterocycles. The van der Waals surface area contributed by atoms with Gasteiger partial charge in [-0.3, -0.25) is 14.6 Å². The molecule has 2 saturated heterocycles. The Bertz CT molecular complexity index is 534. The number of imidazole rings is 1. The highest BCUT2D eigenvalue weighted by molar-refractivity contribution is 5.79. The second kappa shape index (κ2) is 7.23. The van der Waals surface area contributed by atoms with E-state index in [1.54, 1.807) is 6.33 Å². The van der Waals surface area contributed by atoms with Crippen LogP contribution in [0.4, 0.5) is 0 Å². The molecule has 3 heterocycles. The molecular formula is C18H29N5O. The average molecular weight is 331 g/mol. The molecule has 24 heavy (non-hydrogen) atoms. The molecule has 132 valence electrons. The maximum atomic E-state index is 12.4. The van der Waals surface area contributed by atoms with Crippen molar-refractivity contribution in [2.75, 3.05) is 26.2 Å². The molecule has 0 bridgehead atoms. The number of likely N-dealkylation sites (tertiary alicyclic amines) is 2. The number of nitrogens with zero attached hydrogens (tertiary/aromatic N) is 3. The van der Waals surface area contributed by atoms with Crippen LogP contribution in [-0.4, -0.2) is 63.9 Å². The Morgan fingerprint density at radius 2 is 2.04 bits per heavy atom. The predicted molar refractivity (Wildman–Crippen MR) is 92.3 cm³/mol. The second-order valence-corrected chi connectivity index (χ2v) is 7.70. The lowest BCUT2D eigenvalue weighted by atomic mass is 9.93. The van der Waals surface area contributed by atoms with Gasteiger partial charge in [0, 0.05) is 50.2 Å². The van der Waals surface area contributed by atoms with Crippen LogP contribution < -0.4 is 5.32 Å². The highest BCUT2D eigenvalue weighted by Gasteiger charge is 2.33. The Morgan fingerprint density at radius 1 is 1.21 bits per heavy atom. The zero-order valence-corrected chi connectivity index (χ0v) is 14.4. The summed E-state index contributed by atoms with van der Waals surface area (Å²) in [6.45, 7) is 5.37. The third-order valence-corrected chi connectivity index (χ3v) is 5.77. The first-order valence-electron chi connectivity index (χ1n) is 9.52. The van der Waals surface area contributed by atoms with Gasteiger partial charge >= 0.3 is 0 Å². The van der Waals surface area contributed by atoms with E-state index < -0.39 is 0 Å². The number of nitrogens with one attached hydrogen (secondary N) is 2. The van der Waals surface area contributed by atoms with Crippen molar-refractivity contribution >= 4 is 5.91 Å². The Kier molecular flexibility index (Phi) is 4.85. The summed E-state index contributed by atoms with van der Waals surface area (Å²) in [4.78, 5) is 24.7. The lowest BCUT2D eigenvalue weighted by Gasteiger charge is -2.42. The van der Waals surface area contributed by atoms with Crippen molar-refractivity contribution in [2.45, 2.75) is 57.2 Å². The monoisotopic (exact) mass is 331 g/mol. The van der Waals surface area contributed by atoms with Crippen molar-refractivity contribution in [3.05, 3.63) is 18.2 Å². The number of amides is 1. The number of aromatic amines is 1. The third-order valence-electron chi connectivity index (χ3n) is 5.77. The molecule has 2 N–H and O–H groups in total. The number of rotatable bonds is 5. The number of carbonyl (C=O) groups excluding carboxylic acids is 1. The van der Waals surface area contributed by atoms with E-state index in [9.17, 15) is 4.79 Å². The van der Waals surface area contributed by atoms with Crippen LogP contribution in [0.2, 0.25) is 0 Å². The number of H-pyrrole nitrogens is 1. The lowest BCUT2D eigenvalue weighted by molar-refractivity contribution is -0.127. The average Bonchev–Trinajstić information content (AvgIpc) is 3.28. The molecule has 1 atom stereocenters. The Morgan fingerprint density at radius 3 is 2.75 bits per heavy atom. The number of carbonyl (C=O) groups is 1. The van der Waals surface area contributed by atoms with Gasteiger partial charge in [0.1, 0.15) is 0 Å². The van der Waals surface area contributed by atoms with Crippen LogP contribution in [0.25, 0.3) is 0 Å². The van der Waals surface area contributed by atoms with Gasteiger partial charge in [0.05, 0.1) is 12.2 Å². The molecule has 1 aliphatic carbocycles. The van der Waals surface area contributed by atoms with Gasteiger partial charge in [-0.15, -0.1) is 0 Å². The normalized spacial score (nSPS) is 27.2. The Hall–Kier alpha value is -1.40. The zero-order chi connectivity index (χ0) is 16.4. The fourth-order valence-electron chi connectivity index (χ4n) is 4.15. The first kappa shape index (κ1) is 16.1. The van der Waals surface area contributed by atoms with Gasteiger partial charge in [-0.25, -0.2) is 4.98 Å². The molecule has 4 rings (SSSR count). The molecule has 1 aromatic rings.